The van der Waals surface area contributed by atoms with Gasteiger partial charge in [0.05, 0.1) is 11.2 Å². The zero-order valence-corrected chi connectivity index (χ0v) is 12.1. The summed E-state index contributed by atoms with van der Waals surface area (Å²) in [6.07, 6.45) is 3.24. The van der Waals surface area contributed by atoms with Gasteiger partial charge in [-0.15, -0.1) is 0 Å². The fraction of sp³-hybridized carbons (Fsp3) is 0.154. The monoisotopic (exact) mass is 326 g/mol. The molecule has 0 spiro atoms. The third kappa shape index (κ3) is 2.94. The number of anilines is 1. The van der Waals surface area contributed by atoms with Crippen molar-refractivity contribution in [2.24, 2.45) is 0 Å². The van der Waals surface area contributed by atoms with Crippen LogP contribution >= 0.6 is 27.5 Å². The van der Waals surface area contributed by atoms with Gasteiger partial charge in [-0.1, -0.05) is 33.6 Å². The Morgan fingerprint density at radius 3 is 2.94 bits per heavy atom. The summed E-state index contributed by atoms with van der Waals surface area (Å²) in [6, 6.07) is 7.64. The van der Waals surface area contributed by atoms with E-state index >= 15 is 0 Å². The summed E-state index contributed by atoms with van der Waals surface area (Å²) in [5, 5.41) is 3.69. The zero-order valence-electron chi connectivity index (χ0n) is 9.78. The summed E-state index contributed by atoms with van der Waals surface area (Å²) in [5.41, 5.74) is 2.06. The number of benzene rings is 1. The minimum atomic E-state index is 0.420. The Morgan fingerprint density at radius 1 is 1.39 bits per heavy atom. The third-order valence-corrected chi connectivity index (χ3v) is 3.55. The van der Waals surface area contributed by atoms with Gasteiger partial charge in [-0.3, -0.25) is 4.98 Å². The average Bonchev–Trinajstić information content (AvgIpc) is 2.39. The van der Waals surface area contributed by atoms with E-state index in [1.54, 1.807) is 18.5 Å². The van der Waals surface area contributed by atoms with Crippen LogP contribution in [0.1, 0.15) is 5.56 Å². The minimum absolute atomic E-state index is 0.420. The summed E-state index contributed by atoms with van der Waals surface area (Å²) in [5.74, 6) is 0.581. The van der Waals surface area contributed by atoms with E-state index in [2.05, 4.69) is 26.2 Å². The summed E-state index contributed by atoms with van der Waals surface area (Å²) < 4.78 is 6.68. The van der Waals surface area contributed by atoms with Crippen molar-refractivity contribution in [3.05, 3.63) is 51.7 Å². The van der Waals surface area contributed by atoms with Crippen molar-refractivity contribution in [2.75, 3.05) is 12.4 Å². The maximum absolute atomic E-state index is 6.01. The quantitative estimate of drug-likeness (QED) is 0.917. The highest BCUT2D eigenvalue weighted by atomic mass is 79.9. The van der Waals surface area contributed by atoms with Crippen LogP contribution in [0.25, 0.3) is 0 Å². The molecule has 18 heavy (non-hydrogen) atoms. The zero-order chi connectivity index (χ0) is 13.0. The highest BCUT2D eigenvalue weighted by Crippen LogP contribution is 2.28. The van der Waals surface area contributed by atoms with E-state index in [4.69, 9.17) is 16.3 Å². The molecule has 0 aliphatic rings. The highest BCUT2D eigenvalue weighted by molar-refractivity contribution is 9.10. The largest absolute Gasteiger partial charge is 0.486 e. The second-order valence-electron chi connectivity index (χ2n) is 3.61. The lowest BCUT2D eigenvalue weighted by molar-refractivity contribution is 0.305. The van der Waals surface area contributed by atoms with Gasteiger partial charge in [0.2, 0.25) is 0 Å². The van der Waals surface area contributed by atoms with Crippen molar-refractivity contribution in [3.63, 3.8) is 0 Å². The summed E-state index contributed by atoms with van der Waals surface area (Å²) in [6.45, 7) is 0.420. The first-order chi connectivity index (χ1) is 8.72. The molecule has 2 rings (SSSR count). The molecule has 0 fully saturated rings. The van der Waals surface area contributed by atoms with Gasteiger partial charge in [0.25, 0.3) is 0 Å². The van der Waals surface area contributed by atoms with Crippen LogP contribution in [0.2, 0.25) is 5.02 Å². The first-order valence-electron chi connectivity index (χ1n) is 5.40. The maximum Gasteiger partial charge on any atom is 0.156 e. The number of hydrogen-bond acceptors (Lipinski definition) is 3. The Morgan fingerprint density at radius 2 is 2.22 bits per heavy atom. The molecule has 0 unspecified atom stereocenters. The number of rotatable bonds is 4. The van der Waals surface area contributed by atoms with Gasteiger partial charge in [0.1, 0.15) is 6.61 Å². The third-order valence-electron chi connectivity index (χ3n) is 2.49. The van der Waals surface area contributed by atoms with Crippen LogP contribution in [0.15, 0.2) is 41.1 Å². The first kappa shape index (κ1) is 13.2. The van der Waals surface area contributed by atoms with Crippen molar-refractivity contribution >= 4 is 33.2 Å². The van der Waals surface area contributed by atoms with Gasteiger partial charge in [0.15, 0.2) is 5.75 Å². The van der Waals surface area contributed by atoms with Crippen LogP contribution in [0.5, 0.6) is 5.75 Å². The summed E-state index contributed by atoms with van der Waals surface area (Å²) in [4.78, 5) is 3.99. The fourth-order valence-corrected chi connectivity index (χ4v) is 2.20. The van der Waals surface area contributed by atoms with Gasteiger partial charge in [-0.25, -0.2) is 0 Å². The highest BCUT2D eigenvalue weighted by Gasteiger charge is 2.08. The Balaban J connectivity index is 2.18. The van der Waals surface area contributed by atoms with Crippen LogP contribution in [-0.4, -0.2) is 12.0 Å². The predicted molar refractivity (Wildman–Crippen MR) is 77.3 cm³/mol. The van der Waals surface area contributed by atoms with Crippen molar-refractivity contribution in [1.29, 1.82) is 0 Å². The lowest BCUT2D eigenvalue weighted by Crippen LogP contribution is -2.02. The summed E-state index contributed by atoms with van der Waals surface area (Å²) in [7, 11) is 1.88. The van der Waals surface area contributed by atoms with Crippen molar-refractivity contribution in [3.8, 4) is 5.75 Å². The van der Waals surface area contributed by atoms with E-state index in [-0.39, 0.29) is 0 Å². The first-order valence-corrected chi connectivity index (χ1v) is 6.57. The van der Waals surface area contributed by atoms with Crippen molar-refractivity contribution in [1.82, 2.24) is 4.98 Å². The van der Waals surface area contributed by atoms with E-state index in [1.165, 1.54) is 0 Å². The van der Waals surface area contributed by atoms with Crippen LogP contribution < -0.4 is 10.1 Å². The Bertz CT molecular complexity index is 548. The Kier molecular flexibility index (Phi) is 4.44. The number of nitrogens with one attached hydrogen (secondary N) is 1. The molecule has 2 aromatic rings. The van der Waals surface area contributed by atoms with E-state index in [0.717, 1.165) is 15.7 Å². The Labute approximate surface area is 119 Å². The maximum atomic E-state index is 6.01. The van der Waals surface area contributed by atoms with Crippen LogP contribution in [-0.2, 0) is 6.61 Å². The fourth-order valence-electron chi connectivity index (χ4n) is 1.56. The molecule has 1 heterocycles. The van der Waals surface area contributed by atoms with Crippen LogP contribution in [0.3, 0.4) is 0 Å². The standard InChI is InChI=1S/C13H12BrClN2O/c1-16-12-4-2-3-10(14)9(12)8-18-13-7-17-6-5-11(13)15/h2-7,16H,8H2,1H3. The SMILES string of the molecule is CNc1cccc(Br)c1COc1cnccc1Cl. The van der Waals surface area contributed by atoms with Gasteiger partial charge in [-0.2, -0.15) is 0 Å². The van der Waals surface area contributed by atoms with Crippen LogP contribution in [0.4, 0.5) is 5.69 Å². The lowest BCUT2D eigenvalue weighted by Gasteiger charge is -2.13. The van der Waals surface area contributed by atoms with Crippen molar-refractivity contribution < 1.29 is 4.74 Å². The molecule has 5 heteroatoms. The molecule has 0 saturated heterocycles. The molecule has 0 aliphatic heterocycles. The molecule has 0 amide bonds. The molecule has 3 nitrogen and oxygen atoms in total. The average molecular weight is 328 g/mol. The number of halogens is 2. The van der Waals surface area contributed by atoms with Gasteiger partial charge < -0.3 is 10.1 Å². The van der Waals surface area contributed by atoms with E-state index < -0.39 is 0 Å². The lowest BCUT2D eigenvalue weighted by atomic mass is 10.2. The number of nitrogens with zero attached hydrogens (tertiary/aromatic N) is 1. The van der Waals surface area contributed by atoms with Gasteiger partial charge in [-0.05, 0) is 18.2 Å². The molecule has 1 aromatic heterocycles. The second-order valence-corrected chi connectivity index (χ2v) is 4.87. The number of pyridine rings is 1. The normalized spacial score (nSPS) is 10.2. The van der Waals surface area contributed by atoms with Crippen LogP contribution in [0, 0.1) is 0 Å². The molecular formula is C13H12BrClN2O. The number of ether oxygens (including phenoxy) is 1. The molecule has 0 bridgehead atoms. The van der Waals surface area contributed by atoms with Gasteiger partial charge >= 0.3 is 0 Å². The molecular weight excluding hydrogens is 316 g/mol. The molecule has 94 valence electrons. The molecule has 0 saturated carbocycles. The van der Waals surface area contributed by atoms with Gasteiger partial charge in [0, 0.05) is 29.0 Å². The topological polar surface area (TPSA) is 34.1 Å². The predicted octanol–water partition coefficient (Wildman–Crippen LogP) is 4.12. The molecule has 1 N–H and O–H groups in total. The van der Waals surface area contributed by atoms with E-state index in [9.17, 15) is 0 Å². The number of hydrogen-bond donors (Lipinski definition) is 1. The van der Waals surface area contributed by atoms with E-state index in [0.29, 0.717) is 17.4 Å². The molecule has 0 radical (unpaired) electrons. The summed E-state index contributed by atoms with van der Waals surface area (Å²) >= 11 is 9.52. The molecule has 1 aromatic carbocycles. The second kappa shape index (κ2) is 6.07. The number of aromatic nitrogens is 1. The molecule has 0 atom stereocenters. The minimum Gasteiger partial charge on any atom is -0.486 e. The van der Waals surface area contributed by atoms with E-state index in [1.807, 2.05) is 25.2 Å². The Hall–Kier alpha value is -1.26. The smallest absolute Gasteiger partial charge is 0.156 e. The molecule has 0 aliphatic carbocycles. The van der Waals surface area contributed by atoms with Crippen molar-refractivity contribution in [2.45, 2.75) is 6.61 Å².